The number of benzene rings is 3. The zero-order chi connectivity index (χ0) is 20.1. The molecule has 3 aromatic carbocycles. The summed E-state index contributed by atoms with van der Waals surface area (Å²) < 4.78 is 50.1. The van der Waals surface area contributed by atoms with Crippen molar-refractivity contribution in [2.75, 3.05) is 5.73 Å². The van der Waals surface area contributed by atoms with Crippen molar-refractivity contribution in [1.82, 2.24) is 0 Å². The van der Waals surface area contributed by atoms with Gasteiger partial charge in [0.2, 0.25) is 0 Å². The minimum absolute atomic E-state index is 0.0327. The number of anilines is 1. The second-order valence-corrected chi connectivity index (χ2v) is 7.75. The van der Waals surface area contributed by atoms with Gasteiger partial charge in [0.25, 0.3) is 0 Å². The lowest BCUT2D eigenvalue weighted by Crippen LogP contribution is -2.14. The van der Waals surface area contributed by atoms with Crippen LogP contribution < -0.4 is 15.5 Å². The molecule has 4 aromatic rings. The Morgan fingerprint density at radius 2 is 1.75 bits per heavy atom. The molecule has 1 heterocycles. The maximum Gasteiger partial charge on any atom is 0.346 e. The highest BCUT2D eigenvalue weighted by molar-refractivity contribution is 7.87. The van der Waals surface area contributed by atoms with Crippen LogP contribution in [0.5, 0.6) is 5.75 Å². The Bertz CT molecular complexity index is 1400. The number of para-hydroxylation sites is 1. The zero-order valence-corrected chi connectivity index (χ0v) is 15.4. The van der Waals surface area contributed by atoms with Crippen molar-refractivity contribution in [3.63, 3.8) is 0 Å². The maximum atomic E-state index is 13.6. The second-order valence-electron chi connectivity index (χ2n) is 6.24. The highest BCUT2D eigenvalue weighted by Gasteiger charge is 2.26. The molecule has 142 valence electrons. The number of nitrogens with two attached hydrogens (primary N) is 1. The Balaban J connectivity index is 2.12. The molecule has 0 saturated carbocycles. The van der Waals surface area contributed by atoms with Gasteiger partial charge in [0.1, 0.15) is 22.0 Å². The van der Waals surface area contributed by atoms with Gasteiger partial charge in [-0.2, -0.15) is 8.42 Å². The summed E-state index contributed by atoms with van der Waals surface area (Å²) in [5.41, 5.74) is 5.56. The first-order chi connectivity index (χ1) is 13.3. The summed E-state index contributed by atoms with van der Waals surface area (Å²) in [6, 6.07) is 12.8. The first-order valence-electron chi connectivity index (χ1n) is 8.22. The van der Waals surface area contributed by atoms with Crippen molar-refractivity contribution >= 4 is 37.5 Å². The van der Waals surface area contributed by atoms with E-state index in [0.717, 1.165) is 12.1 Å². The number of hydrogen-bond donors (Lipinski definition) is 1. The van der Waals surface area contributed by atoms with Crippen LogP contribution in [0.3, 0.4) is 0 Å². The second kappa shape index (κ2) is 6.35. The van der Waals surface area contributed by atoms with E-state index in [1.807, 2.05) is 0 Å². The van der Waals surface area contributed by atoms with Crippen LogP contribution in [0.15, 0.2) is 68.7 Å². The highest BCUT2D eigenvalue weighted by atomic mass is 32.2. The molecular weight excluding hydrogens is 385 g/mol. The zero-order valence-electron chi connectivity index (χ0n) is 14.6. The number of nitrogen functional groups attached to an aromatic ring is 1. The van der Waals surface area contributed by atoms with Gasteiger partial charge in [-0.05, 0) is 42.8 Å². The summed E-state index contributed by atoms with van der Waals surface area (Å²) in [4.78, 5) is 12.3. The predicted octanol–water partition coefficient (Wildman–Crippen LogP) is 3.74. The van der Waals surface area contributed by atoms with E-state index in [2.05, 4.69) is 0 Å². The largest absolute Gasteiger partial charge is 0.422 e. The van der Waals surface area contributed by atoms with Gasteiger partial charge in [0, 0.05) is 22.5 Å². The minimum Gasteiger partial charge on any atom is -0.422 e. The fourth-order valence-electron chi connectivity index (χ4n) is 3.06. The quantitative estimate of drug-likeness (QED) is 0.244. The van der Waals surface area contributed by atoms with E-state index < -0.39 is 21.6 Å². The van der Waals surface area contributed by atoms with E-state index in [0.29, 0.717) is 5.56 Å². The molecule has 0 bridgehead atoms. The maximum absolute atomic E-state index is 13.6. The van der Waals surface area contributed by atoms with Crippen LogP contribution in [0.2, 0.25) is 0 Å². The van der Waals surface area contributed by atoms with Crippen molar-refractivity contribution in [2.45, 2.75) is 11.8 Å². The van der Waals surface area contributed by atoms with Gasteiger partial charge in [-0.15, -0.1) is 0 Å². The molecular formula is C20H14FNO5S. The van der Waals surface area contributed by atoms with E-state index in [1.54, 1.807) is 25.1 Å². The van der Waals surface area contributed by atoms with Crippen molar-refractivity contribution in [3.8, 4) is 5.75 Å². The van der Waals surface area contributed by atoms with Gasteiger partial charge in [0.05, 0.1) is 5.39 Å². The van der Waals surface area contributed by atoms with Gasteiger partial charge >= 0.3 is 15.7 Å². The Morgan fingerprint density at radius 3 is 2.46 bits per heavy atom. The van der Waals surface area contributed by atoms with Crippen LogP contribution in [-0.4, -0.2) is 8.42 Å². The van der Waals surface area contributed by atoms with Gasteiger partial charge < -0.3 is 14.3 Å². The van der Waals surface area contributed by atoms with Gasteiger partial charge in [-0.1, -0.05) is 18.2 Å². The summed E-state index contributed by atoms with van der Waals surface area (Å²) in [5, 5.41) is 0.178. The van der Waals surface area contributed by atoms with Crippen LogP contribution in [0, 0.1) is 12.7 Å². The molecule has 6 nitrogen and oxygen atoms in total. The Kier molecular flexibility index (Phi) is 4.08. The SMILES string of the molecule is Cc1cc(S(=O)(=O)Oc2ccccc2)c2c(c1N)c(=O)oc1cc(F)ccc12. The van der Waals surface area contributed by atoms with Crippen LogP contribution in [0.1, 0.15) is 5.56 Å². The van der Waals surface area contributed by atoms with Crippen LogP contribution in [0.25, 0.3) is 21.7 Å². The lowest BCUT2D eigenvalue weighted by atomic mass is 10.0. The standard InChI is InChI=1S/C20H14FNO5S/c1-11-9-16(28(24,25)27-13-5-3-2-4-6-13)17-14-8-7-12(21)10-15(14)26-20(23)18(17)19(11)22/h2-10H,22H2,1H3. The van der Waals surface area contributed by atoms with E-state index in [-0.39, 0.29) is 38.1 Å². The number of fused-ring (bicyclic) bond motifs is 3. The van der Waals surface area contributed by atoms with Crippen LogP contribution in [0.4, 0.5) is 10.1 Å². The number of rotatable bonds is 3. The van der Waals surface area contributed by atoms with Gasteiger partial charge in [0.15, 0.2) is 0 Å². The Hall–Kier alpha value is -3.39. The normalized spacial score (nSPS) is 11.8. The molecule has 0 saturated heterocycles. The number of hydrogen-bond acceptors (Lipinski definition) is 6. The summed E-state index contributed by atoms with van der Waals surface area (Å²) >= 11 is 0. The van der Waals surface area contributed by atoms with Crippen molar-refractivity contribution in [2.24, 2.45) is 0 Å². The molecule has 0 amide bonds. The molecule has 0 aliphatic rings. The molecule has 28 heavy (non-hydrogen) atoms. The molecule has 0 spiro atoms. The van der Waals surface area contributed by atoms with Crippen LogP contribution >= 0.6 is 0 Å². The van der Waals surface area contributed by atoms with E-state index >= 15 is 0 Å². The van der Waals surface area contributed by atoms with E-state index in [9.17, 15) is 17.6 Å². The Labute approximate surface area is 159 Å². The van der Waals surface area contributed by atoms with Crippen LogP contribution in [-0.2, 0) is 10.1 Å². The molecule has 1 aromatic heterocycles. The topological polar surface area (TPSA) is 99.6 Å². The molecule has 2 N–H and O–H groups in total. The molecule has 8 heteroatoms. The molecule has 0 aliphatic carbocycles. The van der Waals surface area contributed by atoms with Gasteiger partial charge in [-0.25, -0.2) is 9.18 Å². The highest BCUT2D eigenvalue weighted by Crippen LogP contribution is 2.35. The lowest BCUT2D eigenvalue weighted by molar-refractivity contribution is 0.487. The van der Waals surface area contributed by atoms with Crippen molar-refractivity contribution < 1.29 is 21.4 Å². The average Bonchev–Trinajstić information content (AvgIpc) is 2.64. The van der Waals surface area contributed by atoms with Crippen molar-refractivity contribution in [1.29, 1.82) is 0 Å². The third-order valence-electron chi connectivity index (χ3n) is 4.38. The summed E-state index contributed by atoms with van der Waals surface area (Å²) in [6.45, 7) is 1.57. The molecule has 0 aliphatic heterocycles. The fourth-order valence-corrected chi connectivity index (χ4v) is 4.30. The first-order valence-corrected chi connectivity index (χ1v) is 9.63. The number of halogens is 1. The third kappa shape index (κ3) is 2.87. The van der Waals surface area contributed by atoms with Gasteiger partial charge in [-0.3, -0.25) is 0 Å². The Morgan fingerprint density at radius 1 is 1.04 bits per heavy atom. The summed E-state index contributed by atoms with van der Waals surface area (Å²) in [7, 11) is -4.33. The average molecular weight is 399 g/mol. The lowest BCUT2D eigenvalue weighted by Gasteiger charge is -2.14. The summed E-state index contributed by atoms with van der Waals surface area (Å²) in [5.74, 6) is -0.511. The molecule has 0 unspecified atom stereocenters. The monoisotopic (exact) mass is 399 g/mol. The molecule has 0 fully saturated rings. The van der Waals surface area contributed by atoms with Crippen molar-refractivity contribution in [3.05, 3.63) is 76.4 Å². The molecule has 4 rings (SSSR count). The summed E-state index contributed by atoms with van der Waals surface area (Å²) in [6.07, 6.45) is 0. The number of aryl methyl sites for hydroxylation is 1. The molecule has 0 atom stereocenters. The third-order valence-corrected chi connectivity index (χ3v) is 5.65. The smallest absolute Gasteiger partial charge is 0.346 e. The first kappa shape index (κ1) is 18.0. The molecule has 0 radical (unpaired) electrons. The minimum atomic E-state index is -4.33. The fraction of sp³-hybridized carbons (Fsp3) is 0.0500. The van der Waals surface area contributed by atoms with E-state index in [1.165, 1.54) is 24.3 Å². The predicted molar refractivity (Wildman–Crippen MR) is 103 cm³/mol. The van der Waals surface area contributed by atoms with E-state index in [4.69, 9.17) is 14.3 Å².